The lowest BCUT2D eigenvalue weighted by molar-refractivity contribution is 0.0947. The maximum atomic E-state index is 11.8. The molecule has 1 amide bonds. The summed E-state index contributed by atoms with van der Waals surface area (Å²) in [5, 5.41) is 14.1. The van der Waals surface area contributed by atoms with Crippen molar-refractivity contribution in [3.63, 3.8) is 0 Å². The molecule has 4 nitrogen and oxygen atoms in total. The summed E-state index contributed by atoms with van der Waals surface area (Å²) in [6.07, 6.45) is 0.479. The van der Waals surface area contributed by atoms with Gasteiger partial charge in [-0.3, -0.25) is 4.79 Å². The molecule has 2 N–H and O–H groups in total. The Kier molecular flexibility index (Phi) is 5.30. The van der Waals surface area contributed by atoms with E-state index >= 15 is 0 Å². The van der Waals surface area contributed by atoms with Crippen LogP contribution in [0.5, 0.6) is 0 Å². The Bertz CT molecular complexity index is 649. The van der Waals surface area contributed by atoms with Gasteiger partial charge in [0.25, 0.3) is 5.91 Å². The van der Waals surface area contributed by atoms with Gasteiger partial charge < -0.3 is 10.4 Å². The van der Waals surface area contributed by atoms with Crippen molar-refractivity contribution in [3.05, 3.63) is 38.0 Å². The quantitative estimate of drug-likeness (QED) is 0.851. The highest BCUT2D eigenvalue weighted by Crippen LogP contribution is 2.15. The molecule has 2 heterocycles. The fourth-order valence-corrected chi connectivity index (χ4v) is 2.89. The summed E-state index contributed by atoms with van der Waals surface area (Å²) in [6.45, 7) is 2.42. The number of aryl methyl sites for hydroxylation is 1. The van der Waals surface area contributed by atoms with Gasteiger partial charge >= 0.3 is 0 Å². The smallest absolute Gasteiger partial charge is 0.271 e. The van der Waals surface area contributed by atoms with Crippen molar-refractivity contribution in [1.82, 2.24) is 10.3 Å². The average molecular weight is 306 g/mol. The zero-order valence-corrected chi connectivity index (χ0v) is 12.6. The fraction of sp³-hybridized carbons (Fsp3) is 0.286. The standard InChI is InChI=1S/C14H14N2O2S2/c1-10-16-13(9-19-10)14(18)15-8-12-6-5-11(20-12)4-2-3-7-17/h5-6,9,17H,3,7-8H2,1H3,(H,15,18). The van der Waals surface area contributed by atoms with Crippen molar-refractivity contribution in [2.45, 2.75) is 19.9 Å². The van der Waals surface area contributed by atoms with Crippen molar-refractivity contribution >= 4 is 28.6 Å². The van der Waals surface area contributed by atoms with E-state index < -0.39 is 0 Å². The van der Waals surface area contributed by atoms with Gasteiger partial charge in [0.05, 0.1) is 23.0 Å². The second kappa shape index (κ2) is 7.20. The van der Waals surface area contributed by atoms with Crippen LogP contribution in [-0.2, 0) is 6.54 Å². The number of rotatable bonds is 4. The zero-order valence-electron chi connectivity index (χ0n) is 11.0. The maximum absolute atomic E-state index is 11.8. The molecular formula is C14H14N2O2S2. The van der Waals surface area contributed by atoms with E-state index in [1.54, 1.807) is 5.38 Å². The van der Waals surface area contributed by atoms with Crippen LogP contribution in [0.3, 0.4) is 0 Å². The Labute approximate surface area is 125 Å². The van der Waals surface area contributed by atoms with E-state index in [0.717, 1.165) is 14.8 Å². The van der Waals surface area contributed by atoms with Gasteiger partial charge in [-0.25, -0.2) is 4.98 Å². The third-order valence-corrected chi connectivity index (χ3v) is 4.16. The van der Waals surface area contributed by atoms with Crippen LogP contribution >= 0.6 is 22.7 Å². The van der Waals surface area contributed by atoms with Gasteiger partial charge in [0.15, 0.2) is 0 Å². The third-order valence-electron chi connectivity index (χ3n) is 2.38. The van der Waals surface area contributed by atoms with Crippen molar-refractivity contribution in [2.24, 2.45) is 0 Å². The molecule has 0 aliphatic heterocycles. The van der Waals surface area contributed by atoms with E-state index in [0.29, 0.717) is 18.7 Å². The van der Waals surface area contributed by atoms with Gasteiger partial charge in [0.2, 0.25) is 0 Å². The highest BCUT2D eigenvalue weighted by atomic mass is 32.1. The molecule has 0 spiro atoms. The molecule has 2 rings (SSSR count). The van der Waals surface area contributed by atoms with Gasteiger partial charge in [0, 0.05) is 16.7 Å². The van der Waals surface area contributed by atoms with Crippen LogP contribution in [0.1, 0.15) is 31.7 Å². The molecule has 0 unspecified atom stereocenters. The Morgan fingerprint density at radius 2 is 2.35 bits per heavy atom. The number of thiophene rings is 1. The molecule has 0 bridgehead atoms. The van der Waals surface area contributed by atoms with Crippen molar-refractivity contribution in [1.29, 1.82) is 0 Å². The summed E-state index contributed by atoms with van der Waals surface area (Å²) in [5.74, 6) is 5.69. The van der Waals surface area contributed by atoms with Gasteiger partial charge in [0.1, 0.15) is 5.69 Å². The van der Waals surface area contributed by atoms with E-state index in [9.17, 15) is 4.79 Å². The molecule has 0 aliphatic carbocycles. The number of hydrogen-bond acceptors (Lipinski definition) is 5. The highest BCUT2D eigenvalue weighted by Gasteiger charge is 2.09. The van der Waals surface area contributed by atoms with E-state index in [4.69, 9.17) is 5.11 Å². The minimum Gasteiger partial charge on any atom is -0.395 e. The minimum atomic E-state index is -0.157. The summed E-state index contributed by atoms with van der Waals surface area (Å²) in [7, 11) is 0. The summed E-state index contributed by atoms with van der Waals surface area (Å²) >= 11 is 3.00. The summed E-state index contributed by atoms with van der Waals surface area (Å²) < 4.78 is 0. The number of aliphatic hydroxyl groups is 1. The minimum absolute atomic E-state index is 0.0777. The SMILES string of the molecule is Cc1nc(C(=O)NCc2ccc(C#CCCO)s2)cs1. The molecule has 0 fully saturated rings. The number of nitrogens with zero attached hydrogens (tertiary/aromatic N) is 1. The number of nitrogens with one attached hydrogen (secondary N) is 1. The lowest BCUT2D eigenvalue weighted by Crippen LogP contribution is -2.22. The summed E-state index contributed by atoms with van der Waals surface area (Å²) in [6, 6.07) is 3.86. The average Bonchev–Trinajstić information content (AvgIpc) is 3.05. The number of carbonyl (C=O) groups excluding carboxylic acids is 1. The molecule has 2 aromatic heterocycles. The first-order chi connectivity index (χ1) is 9.69. The van der Waals surface area contributed by atoms with Crippen LogP contribution < -0.4 is 5.32 Å². The maximum Gasteiger partial charge on any atom is 0.271 e. The predicted molar refractivity (Wildman–Crippen MR) is 80.9 cm³/mol. The fourth-order valence-electron chi connectivity index (χ4n) is 1.47. The van der Waals surface area contributed by atoms with Gasteiger partial charge in [-0.2, -0.15) is 0 Å². The normalized spacial score (nSPS) is 9.90. The number of carbonyl (C=O) groups is 1. The molecular weight excluding hydrogens is 292 g/mol. The van der Waals surface area contributed by atoms with Crippen molar-refractivity contribution < 1.29 is 9.90 Å². The molecule has 0 radical (unpaired) electrons. The predicted octanol–water partition coefficient (Wildman–Crippen LogP) is 2.18. The van der Waals surface area contributed by atoms with E-state index in [1.807, 2.05) is 19.1 Å². The van der Waals surface area contributed by atoms with Crippen LogP contribution in [0.2, 0.25) is 0 Å². The number of aliphatic hydroxyl groups excluding tert-OH is 1. The Balaban J connectivity index is 1.88. The third kappa shape index (κ3) is 4.17. The van der Waals surface area contributed by atoms with Crippen LogP contribution in [0, 0.1) is 18.8 Å². The monoisotopic (exact) mass is 306 g/mol. The van der Waals surface area contributed by atoms with E-state index in [-0.39, 0.29) is 12.5 Å². The Morgan fingerprint density at radius 3 is 3.05 bits per heavy atom. The zero-order chi connectivity index (χ0) is 14.4. The van der Waals surface area contributed by atoms with E-state index in [1.165, 1.54) is 22.7 Å². The number of amides is 1. The molecule has 2 aromatic rings. The van der Waals surface area contributed by atoms with E-state index in [2.05, 4.69) is 22.1 Å². The van der Waals surface area contributed by atoms with Crippen molar-refractivity contribution in [2.75, 3.05) is 6.61 Å². The molecule has 0 aromatic carbocycles. The lowest BCUT2D eigenvalue weighted by atomic mass is 10.4. The molecule has 0 aliphatic rings. The molecule has 104 valence electrons. The molecule has 6 heteroatoms. The molecule has 0 saturated carbocycles. The summed E-state index contributed by atoms with van der Waals surface area (Å²) in [5.41, 5.74) is 0.465. The number of hydrogen-bond donors (Lipinski definition) is 2. The van der Waals surface area contributed by atoms with Gasteiger partial charge in [-0.05, 0) is 19.1 Å². The molecule has 0 saturated heterocycles. The van der Waals surface area contributed by atoms with Gasteiger partial charge in [-0.1, -0.05) is 11.8 Å². The first-order valence-corrected chi connectivity index (χ1v) is 7.77. The van der Waals surface area contributed by atoms with Crippen LogP contribution in [0.4, 0.5) is 0 Å². The van der Waals surface area contributed by atoms with Gasteiger partial charge in [-0.15, -0.1) is 22.7 Å². The Hall–Kier alpha value is -1.68. The second-order valence-corrected chi connectivity index (χ2v) is 6.21. The lowest BCUT2D eigenvalue weighted by Gasteiger charge is -1.99. The number of thiazole rings is 1. The van der Waals surface area contributed by atoms with Crippen LogP contribution in [0.25, 0.3) is 0 Å². The van der Waals surface area contributed by atoms with Crippen molar-refractivity contribution in [3.8, 4) is 11.8 Å². The topological polar surface area (TPSA) is 62.2 Å². The molecule has 0 atom stereocenters. The number of aromatic nitrogens is 1. The Morgan fingerprint density at radius 1 is 1.50 bits per heavy atom. The first kappa shape index (κ1) is 14.7. The largest absolute Gasteiger partial charge is 0.395 e. The van der Waals surface area contributed by atoms with Crippen LogP contribution in [0.15, 0.2) is 17.5 Å². The first-order valence-electron chi connectivity index (χ1n) is 6.08. The molecule has 20 heavy (non-hydrogen) atoms. The summed E-state index contributed by atoms with van der Waals surface area (Å²) in [4.78, 5) is 18.0. The highest BCUT2D eigenvalue weighted by molar-refractivity contribution is 7.12. The van der Waals surface area contributed by atoms with Crippen LogP contribution in [-0.4, -0.2) is 22.6 Å². The second-order valence-electron chi connectivity index (χ2n) is 3.98.